The standard InChI is InChI=1S/C20H16BrClFN9/c1-2-13(27-18-11(7-24)17(25)29-20(26)30-18)12-8-32-19(14(22)16(21)31-32)28-15(12)9-4-3-5-10(23)6-9/h3-6,8,13H,2H2,1H3,(H5,25,26,27,29,30)/t13-/m1/s1. The highest BCUT2D eigenvalue weighted by Gasteiger charge is 2.23. The van der Waals surface area contributed by atoms with Crippen molar-refractivity contribution in [1.29, 1.82) is 5.26 Å². The molecule has 0 aliphatic rings. The average Bonchev–Trinajstić information content (AvgIpc) is 3.03. The number of nitrogens with zero attached hydrogens (tertiary/aromatic N) is 6. The zero-order valence-corrected chi connectivity index (χ0v) is 19.0. The molecular weight excluding hydrogens is 501 g/mol. The molecule has 0 amide bonds. The minimum Gasteiger partial charge on any atom is -0.382 e. The van der Waals surface area contributed by atoms with Crippen LogP contribution in [0.3, 0.4) is 0 Å². The van der Waals surface area contributed by atoms with Gasteiger partial charge in [0.15, 0.2) is 11.5 Å². The van der Waals surface area contributed by atoms with Crippen LogP contribution in [0.15, 0.2) is 35.1 Å². The van der Waals surface area contributed by atoms with Crippen molar-refractivity contribution in [2.45, 2.75) is 19.4 Å². The van der Waals surface area contributed by atoms with Crippen molar-refractivity contribution in [2.24, 2.45) is 0 Å². The lowest BCUT2D eigenvalue weighted by molar-refractivity contribution is 0.628. The molecule has 162 valence electrons. The second-order valence-electron chi connectivity index (χ2n) is 6.84. The molecule has 0 radical (unpaired) electrons. The minimum absolute atomic E-state index is 0.0286. The lowest BCUT2D eigenvalue weighted by atomic mass is 9.99. The van der Waals surface area contributed by atoms with Crippen LogP contribution in [-0.2, 0) is 0 Å². The molecule has 12 heteroatoms. The van der Waals surface area contributed by atoms with Crippen molar-refractivity contribution in [2.75, 3.05) is 16.8 Å². The Kier molecular flexibility index (Phi) is 5.82. The number of nitrogens with two attached hydrogens (primary N) is 2. The minimum atomic E-state index is -0.410. The van der Waals surface area contributed by atoms with E-state index in [0.717, 1.165) is 0 Å². The molecule has 0 spiro atoms. The van der Waals surface area contributed by atoms with Gasteiger partial charge < -0.3 is 16.8 Å². The molecule has 0 unspecified atom stereocenters. The summed E-state index contributed by atoms with van der Waals surface area (Å²) in [7, 11) is 0. The van der Waals surface area contributed by atoms with Crippen molar-refractivity contribution in [3.8, 4) is 17.3 Å². The number of halogens is 3. The van der Waals surface area contributed by atoms with Gasteiger partial charge in [0.2, 0.25) is 5.95 Å². The number of fused-ring (bicyclic) bond motifs is 1. The predicted octanol–water partition coefficient (Wildman–Crippen LogP) is 4.34. The SMILES string of the molecule is CC[C@@H](Nc1nc(N)nc(N)c1C#N)c1cn2nc(Br)c(Cl)c2nc1-c1cccc(F)c1. The van der Waals surface area contributed by atoms with E-state index < -0.39 is 11.9 Å². The van der Waals surface area contributed by atoms with Gasteiger partial charge in [-0.1, -0.05) is 30.7 Å². The normalized spacial score (nSPS) is 12.0. The van der Waals surface area contributed by atoms with Crippen molar-refractivity contribution in [3.05, 3.63) is 57.0 Å². The highest BCUT2D eigenvalue weighted by Crippen LogP contribution is 2.35. The Balaban J connectivity index is 1.92. The Morgan fingerprint density at radius 3 is 2.78 bits per heavy atom. The molecular formula is C20H16BrClFN9. The van der Waals surface area contributed by atoms with E-state index in [2.05, 4.69) is 41.3 Å². The van der Waals surface area contributed by atoms with E-state index in [1.807, 2.05) is 13.0 Å². The zero-order chi connectivity index (χ0) is 23.0. The average molecular weight is 517 g/mol. The van der Waals surface area contributed by atoms with Crippen LogP contribution in [0.25, 0.3) is 16.9 Å². The van der Waals surface area contributed by atoms with Crippen molar-refractivity contribution in [1.82, 2.24) is 24.6 Å². The Labute approximate surface area is 195 Å². The third-order valence-electron chi connectivity index (χ3n) is 4.80. The van der Waals surface area contributed by atoms with Crippen molar-refractivity contribution >= 4 is 50.8 Å². The molecule has 5 N–H and O–H groups in total. The van der Waals surface area contributed by atoms with Crippen LogP contribution in [0.4, 0.5) is 22.0 Å². The fourth-order valence-electron chi connectivity index (χ4n) is 3.33. The number of hydrogen-bond acceptors (Lipinski definition) is 8. The van der Waals surface area contributed by atoms with Gasteiger partial charge in [-0.15, -0.1) is 0 Å². The summed E-state index contributed by atoms with van der Waals surface area (Å²) in [6.07, 6.45) is 2.31. The van der Waals surface area contributed by atoms with E-state index in [1.54, 1.807) is 18.3 Å². The first-order valence-electron chi connectivity index (χ1n) is 9.42. The molecule has 4 rings (SSSR count). The molecule has 0 saturated carbocycles. The number of nitrogen functional groups attached to an aromatic ring is 2. The molecule has 32 heavy (non-hydrogen) atoms. The Hall–Kier alpha value is -3.49. The summed E-state index contributed by atoms with van der Waals surface area (Å²) in [6.45, 7) is 1.93. The lowest BCUT2D eigenvalue weighted by Crippen LogP contribution is -2.17. The fraction of sp³-hybridized carbons (Fsp3) is 0.150. The Morgan fingerprint density at radius 2 is 2.09 bits per heavy atom. The van der Waals surface area contributed by atoms with Crippen LogP contribution in [0.1, 0.15) is 30.5 Å². The summed E-state index contributed by atoms with van der Waals surface area (Å²) in [6, 6.07) is 7.67. The molecule has 0 bridgehead atoms. The lowest BCUT2D eigenvalue weighted by Gasteiger charge is -2.22. The first-order chi connectivity index (χ1) is 15.3. The third-order valence-corrected chi connectivity index (χ3v) is 5.93. The maximum absolute atomic E-state index is 14.0. The van der Waals surface area contributed by atoms with Crippen LogP contribution >= 0.6 is 27.5 Å². The molecule has 3 heterocycles. The van der Waals surface area contributed by atoms with E-state index in [4.69, 9.17) is 23.1 Å². The van der Waals surface area contributed by atoms with Gasteiger partial charge in [0.25, 0.3) is 0 Å². The summed E-state index contributed by atoms with van der Waals surface area (Å²) >= 11 is 9.65. The second-order valence-corrected chi connectivity index (χ2v) is 7.96. The van der Waals surface area contributed by atoms with E-state index in [9.17, 15) is 9.65 Å². The van der Waals surface area contributed by atoms with E-state index in [1.165, 1.54) is 16.6 Å². The molecule has 4 aromatic rings. The molecule has 3 aromatic heterocycles. The van der Waals surface area contributed by atoms with Gasteiger partial charge in [0, 0.05) is 17.3 Å². The number of rotatable bonds is 5. The van der Waals surface area contributed by atoms with E-state index in [0.29, 0.717) is 38.5 Å². The van der Waals surface area contributed by atoms with Gasteiger partial charge in [0.05, 0.1) is 11.7 Å². The summed E-state index contributed by atoms with van der Waals surface area (Å²) in [4.78, 5) is 12.6. The van der Waals surface area contributed by atoms with Crippen LogP contribution in [0.2, 0.25) is 5.02 Å². The number of nitriles is 1. The first-order valence-corrected chi connectivity index (χ1v) is 10.6. The fourth-order valence-corrected chi connectivity index (χ4v) is 3.84. The van der Waals surface area contributed by atoms with Gasteiger partial charge in [0.1, 0.15) is 32.9 Å². The van der Waals surface area contributed by atoms with Gasteiger partial charge in [-0.25, -0.2) is 13.9 Å². The number of aromatic nitrogens is 5. The highest BCUT2D eigenvalue weighted by molar-refractivity contribution is 9.10. The zero-order valence-electron chi connectivity index (χ0n) is 16.6. The Bertz CT molecular complexity index is 1380. The first kappa shape index (κ1) is 21.7. The van der Waals surface area contributed by atoms with Crippen molar-refractivity contribution in [3.63, 3.8) is 0 Å². The van der Waals surface area contributed by atoms with Gasteiger partial charge >= 0.3 is 0 Å². The van der Waals surface area contributed by atoms with Gasteiger partial charge in [-0.05, 0) is 34.5 Å². The Morgan fingerprint density at radius 1 is 1.31 bits per heavy atom. The van der Waals surface area contributed by atoms with Crippen LogP contribution in [0.5, 0.6) is 0 Å². The molecule has 0 aliphatic heterocycles. The molecule has 0 saturated heterocycles. The van der Waals surface area contributed by atoms with E-state index >= 15 is 0 Å². The summed E-state index contributed by atoms with van der Waals surface area (Å²) < 4.78 is 16.0. The summed E-state index contributed by atoms with van der Waals surface area (Å²) in [5, 5.41) is 17.4. The number of nitrogens with one attached hydrogen (secondary N) is 1. The number of hydrogen-bond donors (Lipinski definition) is 3. The van der Waals surface area contributed by atoms with E-state index in [-0.39, 0.29) is 23.1 Å². The van der Waals surface area contributed by atoms with Gasteiger partial charge in [-0.2, -0.15) is 20.3 Å². The molecule has 0 fully saturated rings. The summed E-state index contributed by atoms with van der Waals surface area (Å²) in [5.74, 6) is -0.311. The molecule has 9 nitrogen and oxygen atoms in total. The molecule has 0 aliphatic carbocycles. The van der Waals surface area contributed by atoms with Gasteiger partial charge in [-0.3, -0.25) is 0 Å². The number of anilines is 3. The monoisotopic (exact) mass is 515 g/mol. The van der Waals surface area contributed by atoms with Crippen molar-refractivity contribution < 1.29 is 4.39 Å². The maximum Gasteiger partial charge on any atom is 0.224 e. The maximum atomic E-state index is 14.0. The predicted molar refractivity (Wildman–Crippen MR) is 123 cm³/mol. The quantitative estimate of drug-likeness (QED) is 0.355. The second kappa shape index (κ2) is 8.57. The van der Waals surface area contributed by atoms with Crippen LogP contribution in [-0.4, -0.2) is 24.6 Å². The molecule has 1 atom stereocenters. The largest absolute Gasteiger partial charge is 0.382 e. The highest BCUT2D eigenvalue weighted by atomic mass is 79.9. The van der Waals surface area contributed by atoms with Crippen LogP contribution < -0.4 is 16.8 Å². The smallest absolute Gasteiger partial charge is 0.224 e. The summed E-state index contributed by atoms with van der Waals surface area (Å²) in [5.41, 5.74) is 13.8. The topological polar surface area (TPSA) is 144 Å². The number of benzene rings is 1. The molecule has 1 aromatic carbocycles. The van der Waals surface area contributed by atoms with Crippen LogP contribution in [0, 0.1) is 17.1 Å². The third kappa shape index (κ3) is 3.90.